The molecule has 0 fully saturated rings. The van der Waals surface area contributed by atoms with Crippen molar-refractivity contribution in [3.63, 3.8) is 0 Å². The monoisotopic (exact) mass is 207 g/mol. The van der Waals surface area contributed by atoms with Crippen molar-refractivity contribution < 1.29 is 0 Å². The highest BCUT2D eigenvalue weighted by Crippen LogP contribution is 2.13. The van der Waals surface area contributed by atoms with Crippen LogP contribution < -0.4 is 10.6 Å². The van der Waals surface area contributed by atoms with E-state index in [4.69, 9.17) is 11.1 Å². The molecule has 0 bridgehead atoms. The smallest absolute Gasteiger partial charge is 0.150 e. The summed E-state index contributed by atoms with van der Waals surface area (Å²) in [5, 5.41) is 7.16. The van der Waals surface area contributed by atoms with Crippen LogP contribution in [-0.2, 0) is 0 Å². The molecule has 0 amide bonds. The van der Waals surface area contributed by atoms with E-state index < -0.39 is 0 Å². The summed E-state index contributed by atoms with van der Waals surface area (Å²) < 4.78 is 0. The Hall–Kier alpha value is -1.65. The van der Waals surface area contributed by atoms with Gasteiger partial charge in [-0.3, -0.25) is 10.4 Å². The molecule has 0 unspecified atom stereocenters. The molecular weight excluding hydrogens is 190 g/mol. The summed E-state index contributed by atoms with van der Waals surface area (Å²) in [5.41, 5.74) is 7.10. The molecule has 0 saturated carbocycles. The molecule has 15 heavy (non-hydrogen) atoms. The second kappa shape index (κ2) is 4.72. The minimum absolute atomic E-state index is 0.195. The second-order valence-corrected chi connectivity index (χ2v) is 3.62. The molecule has 1 rings (SSSR count). The average Bonchev–Trinajstić information content (AvgIpc) is 2.18. The zero-order valence-electron chi connectivity index (χ0n) is 9.41. The first-order chi connectivity index (χ1) is 7.00. The van der Waals surface area contributed by atoms with Crippen molar-refractivity contribution in [3.8, 4) is 0 Å². The average molecular weight is 207 g/mol. The normalized spacial score (nSPS) is 10.1. The van der Waals surface area contributed by atoms with Crippen molar-refractivity contribution in [3.05, 3.63) is 17.6 Å². The molecule has 0 aliphatic heterocycles. The number of hydrogen-bond acceptors (Lipinski definition) is 4. The molecule has 5 heteroatoms. The molecule has 1 aromatic heterocycles. The maximum atomic E-state index is 7.16. The van der Waals surface area contributed by atoms with Crippen LogP contribution in [0.1, 0.15) is 17.8 Å². The molecule has 0 aliphatic carbocycles. The van der Waals surface area contributed by atoms with Gasteiger partial charge in [0.25, 0.3) is 0 Å². The van der Waals surface area contributed by atoms with E-state index in [1.54, 1.807) is 6.20 Å². The van der Waals surface area contributed by atoms with Gasteiger partial charge >= 0.3 is 0 Å². The number of aryl methyl sites for hydroxylation is 2. The predicted octanol–water partition coefficient (Wildman–Crippen LogP) is 0.856. The highest BCUT2D eigenvalue weighted by molar-refractivity contribution is 5.77. The fraction of sp³-hybridized carbons (Fsp3) is 0.500. The highest BCUT2D eigenvalue weighted by atomic mass is 15.2. The van der Waals surface area contributed by atoms with E-state index in [1.165, 1.54) is 0 Å². The number of aromatic nitrogens is 2. The van der Waals surface area contributed by atoms with Gasteiger partial charge in [-0.15, -0.1) is 0 Å². The van der Waals surface area contributed by atoms with Crippen LogP contribution in [0.2, 0.25) is 0 Å². The van der Waals surface area contributed by atoms with Gasteiger partial charge in [-0.25, -0.2) is 4.98 Å². The van der Waals surface area contributed by atoms with E-state index in [-0.39, 0.29) is 5.84 Å². The number of anilines is 1. The first-order valence-corrected chi connectivity index (χ1v) is 4.85. The first kappa shape index (κ1) is 11.4. The van der Waals surface area contributed by atoms with Crippen LogP contribution in [0.4, 0.5) is 5.82 Å². The number of nitrogens with zero attached hydrogens (tertiary/aromatic N) is 3. The lowest BCUT2D eigenvalue weighted by atomic mass is 10.3. The zero-order valence-corrected chi connectivity index (χ0v) is 9.41. The third-order valence-electron chi connectivity index (χ3n) is 2.13. The molecule has 3 N–H and O–H groups in total. The van der Waals surface area contributed by atoms with Crippen molar-refractivity contribution >= 4 is 11.7 Å². The SMILES string of the molecule is Cc1cnc(C)c(N(C)CCC(=N)N)n1. The Balaban J connectivity index is 2.76. The molecule has 0 aliphatic rings. The van der Waals surface area contributed by atoms with Crippen LogP contribution in [-0.4, -0.2) is 29.4 Å². The lowest BCUT2D eigenvalue weighted by molar-refractivity contribution is 0.865. The second-order valence-electron chi connectivity index (χ2n) is 3.62. The Bertz CT molecular complexity index is 361. The van der Waals surface area contributed by atoms with E-state index in [1.807, 2.05) is 25.8 Å². The van der Waals surface area contributed by atoms with Crippen molar-refractivity contribution in [2.24, 2.45) is 5.73 Å². The van der Waals surface area contributed by atoms with Crippen LogP contribution in [0, 0.1) is 19.3 Å². The zero-order chi connectivity index (χ0) is 11.4. The highest BCUT2D eigenvalue weighted by Gasteiger charge is 2.07. The minimum Gasteiger partial charge on any atom is -0.388 e. The third-order valence-corrected chi connectivity index (χ3v) is 2.13. The molecule has 82 valence electrons. The summed E-state index contributed by atoms with van der Waals surface area (Å²) in [6, 6.07) is 0. The van der Waals surface area contributed by atoms with Crippen molar-refractivity contribution in [2.45, 2.75) is 20.3 Å². The summed E-state index contributed by atoms with van der Waals surface area (Å²) in [4.78, 5) is 10.6. The molecule has 5 nitrogen and oxygen atoms in total. The van der Waals surface area contributed by atoms with Gasteiger partial charge in [0.15, 0.2) is 0 Å². The Labute approximate surface area is 89.8 Å². The molecule has 1 heterocycles. The topological polar surface area (TPSA) is 78.9 Å². The number of nitrogens with one attached hydrogen (secondary N) is 1. The van der Waals surface area contributed by atoms with Crippen LogP contribution in [0.5, 0.6) is 0 Å². The molecule has 0 aromatic carbocycles. The molecular formula is C10H17N5. The number of hydrogen-bond donors (Lipinski definition) is 2. The van der Waals surface area contributed by atoms with E-state index in [0.29, 0.717) is 13.0 Å². The van der Waals surface area contributed by atoms with E-state index in [2.05, 4.69) is 9.97 Å². The van der Waals surface area contributed by atoms with Crippen LogP contribution in [0.25, 0.3) is 0 Å². The summed E-state index contributed by atoms with van der Waals surface area (Å²) in [7, 11) is 1.93. The number of nitrogens with two attached hydrogens (primary N) is 1. The molecule has 0 radical (unpaired) electrons. The van der Waals surface area contributed by atoms with Gasteiger partial charge in [0, 0.05) is 26.2 Å². The van der Waals surface area contributed by atoms with Gasteiger partial charge in [-0.2, -0.15) is 0 Å². The van der Waals surface area contributed by atoms with Gasteiger partial charge in [-0.1, -0.05) is 0 Å². The third kappa shape index (κ3) is 3.19. The fourth-order valence-electron chi connectivity index (χ4n) is 1.28. The fourth-order valence-corrected chi connectivity index (χ4v) is 1.28. The minimum atomic E-state index is 0.195. The largest absolute Gasteiger partial charge is 0.388 e. The van der Waals surface area contributed by atoms with Gasteiger partial charge in [0.2, 0.25) is 0 Å². The van der Waals surface area contributed by atoms with Crippen LogP contribution in [0.15, 0.2) is 6.20 Å². The summed E-state index contributed by atoms with van der Waals surface area (Å²) in [5.74, 6) is 1.05. The van der Waals surface area contributed by atoms with E-state index in [0.717, 1.165) is 17.2 Å². The maximum Gasteiger partial charge on any atom is 0.150 e. The number of rotatable bonds is 4. The van der Waals surface area contributed by atoms with Crippen molar-refractivity contribution in [1.82, 2.24) is 9.97 Å². The van der Waals surface area contributed by atoms with Crippen LogP contribution in [0.3, 0.4) is 0 Å². The van der Waals surface area contributed by atoms with Crippen molar-refractivity contribution in [2.75, 3.05) is 18.5 Å². The van der Waals surface area contributed by atoms with Gasteiger partial charge < -0.3 is 10.6 Å². The first-order valence-electron chi connectivity index (χ1n) is 4.85. The Morgan fingerprint density at radius 1 is 1.53 bits per heavy atom. The van der Waals surface area contributed by atoms with Gasteiger partial charge in [0.05, 0.1) is 17.2 Å². The Morgan fingerprint density at radius 2 is 2.20 bits per heavy atom. The Kier molecular flexibility index (Phi) is 3.60. The summed E-state index contributed by atoms with van der Waals surface area (Å²) in [6.07, 6.45) is 2.29. The van der Waals surface area contributed by atoms with Crippen LogP contribution >= 0.6 is 0 Å². The standard InChI is InChI=1S/C10H17N5/c1-7-6-13-8(2)10(14-7)15(3)5-4-9(11)12/h6H,4-5H2,1-3H3,(H3,11,12). The predicted molar refractivity (Wildman–Crippen MR) is 61.3 cm³/mol. The maximum absolute atomic E-state index is 7.16. The molecule has 0 atom stereocenters. The van der Waals surface area contributed by atoms with Crippen molar-refractivity contribution in [1.29, 1.82) is 5.41 Å². The quantitative estimate of drug-likeness (QED) is 0.567. The molecule has 0 saturated heterocycles. The number of amidine groups is 1. The molecule has 1 aromatic rings. The lowest BCUT2D eigenvalue weighted by Crippen LogP contribution is -2.25. The summed E-state index contributed by atoms with van der Waals surface area (Å²) >= 11 is 0. The van der Waals surface area contributed by atoms with E-state index in [9.17, 15) is 0 Å². The van der Waals surface area contributed by atoms with Gasteiger partial charge in [-0.05, 0) is 13.8 Å². The lowest BCUT2D eigenvalue weighted by Gasteiger charge is -2.19. The molecule has 0 spiro atoms. The van der Waals surface area contributed by atoms with E-state index >= 15 is 0 Å². The Morgan fingerprint density at radius 3 is 2.80 bits per heavy atom. The summed E-state index contributed by atoms with van der Waals surface area (Å²) in [6.45, 7) is 4.52. The van der Waals surface area contributed by atoms with Gasteiger partial charge in [0.1, 0.15) is 5.82 Å².